The molecule has 1 N–H and O–H groups in total. The Labute approximate surface area is 168 Å². The van der Waals surface area contributed by atoms with E-state index in [1.54, 1.807) is 0 Å². The zero-order valence-electron chi connectivity index (χ0n) is 17.2. The summed E-state index contributed by atoms with van der Waals surface area (Å²) in [5.41, 5.74) is 4.97. The highest BCUT2D eigenvalue weighted by molar-refractivity contribution is 5.78. The Morgan fingerprint density at radius 2 is 1.68 bits per heavy atom. The minimum atomic E-state index is 0.570. The zero-order valence-corrected chi connectivity index (χ0v) is 17.2. The van der Waals surface area contributed by atoms with Crippen molar-refractivity contribution < 1.29 is 0 Å². The van der Waals surface area contributed by atoms with E-state index in [0.29, 0.717) is 5.92 Å². The number of likely N-dealkylation sites (tertiary alicyclic amines) is 1. The van der Waals surface area contributed by atoms with Crippen molar-refractivity contribution in [2.45, 2.75) is 52.1 Å². The average Bonchev–Trinajstić information content (AvgIpc) is 3.09. The van der Waals surface area contributed by atoms with Crippen LogP contribution in [-0.2, 0) is 13.1 Å². The number of imidazole rings is 1. The summed E-state index contributed by atoms with van der Waals surface area (Å²) in [6.45, 7) is 9.81. The molecule has 0 atom stereocenters. The molecular formula is C24H32N4. The van der Waals surface area contributed by atoms with E-state index >= 15 is 0 Å². The first-order valence-corrected chi connectivity index (χ1v) is 10.7. The molecule has 1 aromatic heterocycles. The van der Waals surface area contributed by atoms with Crippen LogP contribution in [0.3, 0.4) is 0 Å². The number of aromatic nitrogens is 2. The second-order valence-electron chi connectivity index (χ2n) is 8.23. The number of hydrogen-bond acceptors (Lipinski definition) is 3. The van der Waals surface area contributed by atoms with Gasteiger partial charge in [-0.15, -0.1) is 0 Å². The molecular weight excluding hydrogens is 344 g/mol. The minimum Gasteiger partial charge on any atom is -0.352 e. The second-order valence-corrected chi connectivity index (χ2v) is 8.23. The maximum atomic E-state index is 4.87. The lowest BCUT2D eigenvalue weighted by Gasteiger charge is -2.26. The molecule has 2 aromatic carbocycles. The number of para-hydroxylation sites is 2. The summed E-state index contributed by atoms with van der Waals surface area (Å²) in [5, 5.41) is 3.59. The van der Waals surface area contributed by atoms with Crippen molar-refractivity contribution >= 4 is 17.0 Å². The Bertz CT molecular complexity index is 889. The van der Waals surface area contributed by atoms with Crippen LogP contribution < -0.4 is 5.32 Å². The molecule has 1 fully saturated rings. The molecule has 4 rings (SSSR count). The lowest BCUT2D eigenvalue weighted by Crippen LogP contribution is -2.32. The van der Waals surface area contributed by atoms with Gasteiger partial charge in [0.25, 0.3) is 0 Å². The van der Waals surface area contributed by atoms with Crippen molar-refractivity contribution in [3.8, 4) is 0 Å². The number of anilines is 1. The molecule has 28 heavy (non-hydrogen) atoms. The summed E-state index contributed by atoms with van der Waals surface area (Å²) < 4.78 is 2.35. The highest BCUT2D eigenvalue weighted by Gasteiger charge is 2.14. The van der Waals surface area contributed by atoms with Gasteiger partial charge in [0.1, 0.15) is 0 Å². The van der Waals surface area contributed by atoms with Crippen LogP contribution in [-0.4, -0.2) is 34.1 Å². The summed E-state index contributed by atoms with van der Waals surface area (Å²) in [7, 11) is 0. The van der Waals surface area contributed by atoms with Crippen molar-refractivity contribution in [2.75, 3.05) is 25.0 Å². The molecule has 0 amide bonds. The number of fused-ring (bicyclic) bond motifs is 1. The molecule has 148 valence electrons. The first kappa shape index (κ1) is 19.0. The van der Waals surface area contributed by atoms with E-state index in [9.17, 15) is 0 Å². The predicted octanol–water partition coefficient (Wildman–Crippen LogP) is 5.26. The van der Waals surface area contributed by atoms with E-state index in [4.69, 9.17) is 4.98 Å². The number of rotatable bonds is 7. The van der Waals surface area contributed by atoms with E-state index in [-0.39, 0.29) is 0 Å². The lowest BCUT2D eigenvalue weighted by molar-refractivity contribution is 0.222. The Morgan fingerprint density at radius 1 is 0.929 bits per heavy atom. The molecule has 2 heterocycles. The highest BCUT2D eigenvalue weighted by Crippen LogP contribution is 2.21. The van der Waals surface area contributed by atoms with Gasteiger partial charge in [0, 0.05) is 19.6 Å². The quantitative estimate of drug-likeness (QED) is 0.611. The standard InChI is InChI=1S/C24H32N4/c1-19(2)21-12-10-20(11-13-21)18-25-24-26-22-8-4-5-9-23(22)28(24)17-16-27-14-6-3-7-15-27/h4-5,8-13,19H,3,6-7,14-18H2,1-2H3,(H,25,26). The second kappa shape index (κ2) is 8.78. The van der Waals surface area contributed by atoms with Crippen molar-refractivity contribution in [2.24, 2.45) is 0 Å². The van der Waals surface area contributed by atoms with Crippen LogP contribution in [0.1, 0.15) is 50.2 Å². The summed E-state index contributed by atoms with van der Waals surface area (Å²) in [6.07, 6.45) is 4.05. The molecule has 4 nitrogen and oxygen atoms in total. The van der Waals surface area contributed by atoms with Gasteiger partial charge in [-0.1, -0.05) is 56.7 Å². The normalized spacial score (nSPS) is 15.4. The van der Waals surface area contributed by atoms with Crippen molar-refractivity contribution in [3.63, 3.8) is 0 Å². The number of nitrogens with one attached hydrogen (secondary N) is 1. The summed E-state index contributed by atoms with van der Waals surface area (Å²) >= 11 is 0. The molecule has 4 heteroatoms. The van der Waals surface area contributed by atoms with E-state index in [2.05, 4.69) is 77.2 Å². The fourth-order valence-electron chi connectivity index (χ4n) is 4.06. The smallest absolute Gasteiger partial charge is 0.204 e. The van der Waals surface area contributed by atoms with Crippen LogP contribution in [0, 0.1) is 0 Å². The molecule has 0 radical (unpaired) electrons. The number of piperidine rings is 1. The van der Waals surface area contributed by atoms with Gasteiger partial charge in [-0.2, -0.15) is 0 Å². The predicted molar refractivity (Wildman–Crippen MR) is 118 cm³/mol. The molecule has 0 bridgehead atoms. The van der Waals surface area contributed by atoms with E-state index in [0.717, 1.165) is 31.1 Å². The number of benzene rings is 2. The lowest BCUT2D eigenvalue weighted by atomic mass is 10.0. The van der Waals surface area contributed by atoms with Crippen LogP contribution in [0.2, 0.25) is 0 Å². The third-order valence-corrected chi connectivity index (χ3v) is 5.84. The molecule has 0 aliphatic carbocycles. The van der Waals surface area contributed by atoms with Crippen LogP contribution in [0.4, 0.5) is 5.95 Å². The number of hydrogen-bond donors (Lipinski definition) is 1. The molecule has 0 spiro atoms. The Kier molecular flexibility index (Phi) is 5.96. The van der Waals surface area contributed by atoms with Gasteiger partial charge in [0.2, 0.25) is 5.95 Å². The van der Waals surface area contributed by atoms with Crippen molar-refractivity contribution in [1.82, 2.24) is 14.5 Å². The van der Waals surface area contributed by atoms with E-state index in [1.807, 2.05) is 0 Å². The third kappa shape index (κ3) is 4.39. The molecule has 1 aliphatic rings. The molecule has 0 unspecified atom stereocenters. The van der Waals surface area contributed by atoms with Crippen LogP contribution in [0.15, 0.2) is 48.5 Å². The van der Waals surface area contributed by atoms with Crippen LogP contribution >= 0.6 is 0 Å². The Balaban J connectivity index is 1.49. The van der Waals surface area contributed by atoms with E-state index < -0.39 is 0 Å². The van der Waals surface area contributed by atoms with Gasteiger partial charge in [-0.25, -0.2) is 4.98 Å². The largest absolute Gasteiger partial charge is 0.352 e. The fraction of sp³-hybridized carbons (Fsp3) is 0.458. The third-order valence-electron chi connectivity index (χ3n) is 5.84. The zero-order chi connectivity index (χ0) is 19.3. The molecule has 1 saturated heterocycles. The van der Waals surface area contributed by atoms with Crippen molar-refractivity contribution in [1.29, 1.82) is 0 Å². The first-order chi connectivity index (χ1) is 13.7. The van der Waals surface area contributed by atoms with Crippen LogP contribution in [0.25, 0.3) is 11.0 Å². The summed E-state index contributed by atoms with van der Waals surface area (Å²) in [6, 6.07) is 17.4. The first-order valence-electron chi connectivity index (χ1n) is 10.7. The SMILES string of the molecule is CC(C)c1ccc(CNc2nc3ccccc3n2CCN2CCCCC2)cc1. The average molecular weight is 377 g/mol. The number of nitrogens with zero attached hydrogens (tertiary/aromatic N) is 3. The molecule has 3 aromatic rings. The van der Waals surface area contributed by atoms with Gasteiger partial charge in [-0.3, -0.25) is 0 Å². The Hall–Kier alpha value is -2.33. The molecule has 1 aliphatic heterocycles. The van der Waals surface area contributed by atoms with Gasteiger partial charge in [0.05, 0.1) is 11.0 Å². The highest BCUT2D eigenvalue weighted by atomic mass is 15.2. The van der Waals surface area contributed by atoms with Gasteiger partial charge in [-0.05, 0) is 55.1 Å². The monoisotopic (exact) mass is 376 g/mol. The fourth-order valence-corrected chi connectivity index (χ4v) is 4.06. The summed E-state index contributed by atoms with van der Waals surface area (Å²) in [5.74, 6) is 1.55. The van der Waals surface area contributed by atoms with Gasteiger partial charge < -0.3 is 14.8 Å². The maximum Gasteiger partial charge on any atom is 0.204 e. The topological polar surface area (TPSA) is 33.1 Å². The van der Waals surface area contributed by atoms with Gasteiger partial charge >= 0.3 is 0 Å². The van der Waals surface area contributed by atoms with Crippen LogP contribution in [0.5, 0.6) is 0 Å². The van der Waals surface area contributed by atoms with Crippen molar-refractivity contribution in [3.05, 3.63) is 59.7 Å². The summed E-state index contributed by atoms with van der Waals surface area (Å²) in [4.78, 5) is 7.46. The minimum absolute atomic E-state index is 0.570. The van der Waals surface area contributed by atoms with E-state index in [1.165, 1.54) is 49.0 Å². The molecule has 0 saturated carbocycles. The maximum absolute atomic E-state index is 4.87. The Morgan fingerprint density at radius 3 is 2.43 bits per heavy atom. The van der Waals surface area contributed by atoms with Gasteiger partial charge in [0.15, 0.2) is 0 Å².